The van der Waals surface area contributed by atoms with Crippen molar-refractivity contribution in [2.45, 2.75) is 26.9 Å². The van der Waals surface area contributed by atoms with Gasteiger partial charge in [-0.05, 0) is 32.0 Å². The number of nitrogens with one attached hydrogen (secondary N) is 2. The Morgan fingerprint density at radius 2 is 2.09 bits per heavy atom. The minimum absolute atomic E-state index is 0.117. The van der Waals surface area contributed by atoms with Crippen LogP contribution >= 0.6 is 11.3 Å². The van der Waals surface area contributed by atoms with Gasteiger partial charge in [-0.25, -0.2) is 4.98 Å². The summed E-state index contributed by atoms with van der Waals surface area (Å²) in [4.78, 5) is 16.6. The average molecular weight is 333 g/mol. The molecule has 0 aliphatic carbocycles. The standard InChI is InChI=1S/C17H23N3O2S/c1-3-8-18-9-10-19-17(21)15-6-4-5-7-16(15)22-11-14-12-23-13(2)20-14/h4-7,12,18H,3,8-11H2,1-2H3,(H,19,21). The van der Waals surface area contributed by atoms with Gasteiger partial charge in [-0.1, -0.05) is 19.1 Å². The van der Waals surface area contributed by atoms with Crippen LogP contribution in [0.15, 0.2) is 29.6 Å². The van der Waals surface area contributed by atoms with Gasteiger partial charge in [-0.15, -0.1) is 11.3 Å². The smallest absolute Gasteiger partial charge is 0.255 e. The number of thiazole rings is 1. The lowest BCUT2D eigenvalue weighted by molar-refractivity contribution is 0.0949. The number of hydrogen-bond donors (Lipinski definition) is 2. The number of aryl methyl sites for hydroxylation is 1. The predicted molar refractivity (Wildman–Crippen MR) is 93.1 cm³/mol. The Labute approximate surface area is 141 Å². The van der Waals surface area contributed by atoms with Gasteiger partial charge in [0.15, 0.2) is 0 Å². The van der Waals surface area contributed by atoms with Crippen molar-refractivity contribution in [3.8, 4) is 5.75 Å². The number of nitrogens with zero attached hydrogens (tertiary/aromatic N) is 1. The number of para-hydroxylation sites is 1. The maximum Gasteiger partial charge on any atom is 0.255 e. The number of ether oxygens (including phenoxy) is 1. The van der Waals surface area contributed by atoms with E-state index in [2.05, 4.69) is 22.5 Å². The van der Waals surface area contributed by atoms with Crippen LogP contribution in [0.25, 0.3) is 0 Å². The van der Waals surface area contributed by atoms with Crippen molar-refractivity contribution in [2.75, 3.05) is 19.6 Å². The minimum atomic E-state index is -0.117. The first-order chi connectivity index (χ1) is 11.2. The minimum Gasteiger partial charge on any atom is -0.486 e. The van der Waals surface area contributed by atoms with Crippen LogP contribution in [0, 0.1) is 6.92 Å². The molecule has 6 heteroatoms. The molecule has 0 spiro atoms. The molecule has 23 heavy (non-hydrogen) atoms. The van der Waals surface area contributed by atoms with Crippen molar-refractivity contribution >= 4 is 17.2 Å². The van der Waals surface area contributed by atoms with Gasteiger partial charge in [0.05, 0.1) is 16.3 Å². The van der Waals surface area contributed by atoms with Crippen LogP contribution in [0.1, 0.15) is 34.4 Å². The maximum absolute atomic E-state index is 12.3. The van der Waals surface area contributed by atoms with Crippen LogP contribution < -0.4 is 15.4 Å². The SMILES string of the molecule is CCCNCCNC(=O)c1ccccc1OCc1csc(C)n1. The van der Waals surface area contributed by atoms with Gasteiger partial charge in [0, 0.05) is 18.5 Å². The van der Waals surface area contributed by atoms with E-state index >= 15 is 0 Å². The summed E-state index contributed by atoms with van der Waals surface area (Å²) in [7, 11) is 0. The third kappa shape index (κ3) is 5.65. The van der Waals surface area contributed by atoms with E-state index in [0.29, 0.717) is 24.5 Å². The lowest BCUT2D eigenvalue weighted by atomic mass is 10.2. The fourth-order valence-corrected chi connectivity index (χ4v) is 2.67. The van der Waals surface area contributed by atoms with Gasteiger partial charge < -0.3 is 15.4 Å². The number of carbonyl (C=O) groups is 1. The summed E-state index contributed by atoms with van der Waals surface area (Å²) < 4.78 is 5.77. The fourth-order valence-electron chi connectivity index (χ4n) is 2.07. The van der Waals surface area contributed by atoms with E-state index in [0.717, 1.165) is 30.2 Å². The van der Waals surface area contributed by atoms with Crippen molar-refractivity contribution < 1.29 is 9.53 Å². The predicted octanol–water partition coefficient (Wildman–Crippen LogP) is 2.76. The number of aromatic nitrogens is 1. The zero-order valence-electron chi connectivity index (χ0n) is 13.6. The number of amides is 1. The molecule has 1 amide bonds. The molecule has 0 aliphatic heterocycles. The molecular formula is C17H23N3O2S. The van der Waals surface area contributed by atoms with Gasteiger partial charge in [-0.3, -0.25) is 4.79 Å². The topological polar surface area (TPSA) is 63.2 Å². The summed E-state index contributed by atoms with van der Waals surface area (Å²) in [6, 6.07) is 7.28. The highest BCUT2D eigenvalue weighted by molar-refractivity contribution is 7.09. The zero-order valence-corrected chi connectivity index (χ0v) is 14.4. The van der Waals surface area contributed by atoms with Crippen LogP contribution in [0.3, 0.4) is 0 Å². The van der Waals surface area contributed by atoms with E-state index in [1.807, 2.05) is 30.5 Å². The number of rotatable bonds is 9. The molecule has 1 aromatic carbocycles. The van der Waals surface area contributed by atoms with Crippen LogP contribution in [0.4, 0.5) is 0 Å². The molecule has 124 valence electrons. The Morgan fingerprint density at radius 3 is 2.83 bits per heavy atom. The van der Waals surface area contributed by atoms with E-state index in [1.165, 1.54) is 0 Å². The largest absolute Gasteiger partial charge is 0.486 e. The highest BCUT2D eigenvalue weighted by Crippen LogP contribution is 2.19. The molecule has 0 radical (unpaired) electrons. The Balaban J connectivity index is 1.89. The fraction of sp³-hybridized carbons (Fsp3) is 0.412. The zero-order chi connectivity index (χ0) is 16.5. The summed E-state index contributed by atoms with van der Waals surface area (Å²) in [5.74, 6) is 0.463. The number of carbonyl (C=O) groups excluding carboxylic acids is 1. The number of benzene rings is 1. The normalized spacial score (nSPS) is 10.5. The Bertz CT molecular complexity index is 628. The molecule has 2 aromatic rings. The Morgan fingerprint density at radius 1 is 1.26 bits per heavy atom. The van der Waals surface area contributed by atoms with Gasteiger partial charge in [-0.2, -0.15) is 0 Å². The molecule has 1 aromatic heterocycles. The molecule has 0 atom stereocenters. The van der Waals surface area contributed by atoms with Crippen molar-refractivity contribution in [1.82, 2.24) is 15.6 Å². The van der Waals surface area contributed by atoms with Gasteiger partial charge in [0.25, 0.3) is 5.91 Å². The van der Waals surface area contributed by atoms with E-state index in [4.69, 9.17) is 4.74 Å². The van der Waals surface area contributed by atoms with Gasteiger partial charge in [0.1, 0.15) is 12.4 Å². The van der Waals surface area contributed by atoms with Crippen molar-refractivity contribution in [2.24, 2.45) is 0 Å². The monoisotopic (exact) mass is 333 g/mol. The average Bonchev–Trinajstić information content (AvgIpc) is 2.98. The van der Waals surface area contributed by atoms with Crippen LogP contribution in [0.5, 0.6) is 5.75 Å². The van der Waals surface area contributed by atoms with Crippen LogP contribution in [-0.2, 0) is 6.61 Å². The molecule has 2 N–H and O–H groups in total. The first kappa shape index (κ1) is 17.4. The van der Waals surface area contributed by atoms with Gasteiger partial charge >= 0.3 is 0 Å². The lowest BCUT2D eigenvalue weighted by Gasteiger charge is -2.11. The molecule has 0 unspecified atom stereocenters. The summed E-state index contributed by atoms with van der Waals surface area (Å²) >= 11 is 1.59. The van der Waals surface area contributed by atoms with Crippen molar-refractivity contribution in [3.05, 3.63) is 45.9 Å². The highest BCUT2D eigenvalue weighted by atomic mass is 32.1. The molecule has 1 heterocycles. The van der Waals surface area contributed by atoms with E-state index in [9.17, 15) is 4.79 Å². The summed E-state index contributed by atoms with van der Waals surface area (Å²) in [5.41, 5.74) is 1.43. The van der Waals surface area contributed by atoms with Crippen molar-refractivity contribution in [1.29, 1.82) is 0 Å². The molecule has 0 saturated heterocycles. The van der Waals surface area contributed by atoms with Crippen LogP contribution in [0.2, 0.25) is 0 Å². The quantitative estimate of drug-likeness (QED) is 0.693. The molecule has 5 nitrogen and oxygen atoms in total. The van der Waals surface area contributed by atoms with Crippen molar-refractivity contribution in [3.63, 3.8) is 0 Å². The molecule has 0 bridgehead atoms. The second-order valence-electron chi connectivity index (χ2n) is 5.15. The van der Waals surface area contributed by atoms with Gasteiger partial charge in [0.2, 0.25) is 0 Å². The third-order valence-electron chi connectivity index (χ3n) is 3.19. The van der Waals surface area contributed by atoms with E-state index in [-0.39, 0.29) is 5.91 Å². The molecule has 0 saturated carbocycles. The summed E-state index contributed by atoms with van der Waals surface area (Å²) in [6.45, 7) is 6.76. The highest BCUT2D eigenvalue weighted by Gasteiger charge is 2.12. The Kier molecular flexibility index (Phi) is 7.03. The second-order valence-corrected chi connectivity index (χ2v) is 6.21. The molecular weight excluding hydrogens is 310 g/mol. The first-order valence-electron chi connectivity index (χ1n) is 7.82. The molecule has 0 aliphatic rings. The second kappa shape index (κ2) is 9.27. The lowest BCUT2D eigenvalue weighted by Crippen LogP contribution is -2.32. The maximum atomic E-state index is 12.3. The van der Waals surface area contributed by atoms with E-state index < -0.39 is 0 Å². The molecule has 2 rings (SSSR count). The van der Waals surface area contributed by atoms with Crippen LogP contribution in [-0.4, -0.2) is 30.5 Å². The summed E-state index contributed by atoms with van der Waals surface area (Å²) in [6.07, 6.45) is 1.08. The Hall–Kier alpha value is -1.92. The number of hydrogen-bond acceptors (Lipinski definition) is 5. The summed E-state index contributed by atoms with van der Waals surface area (Å²) in [5, 5.41) is 9.14. The first-order valence-corrected chi connectivity index (χ1v) is 8.70. The third-order valence-corrected chi connectivity index (χ3v) is 4.01. The van der Waals surface area contributed by atoms with E-state index in [1.54, 1.807) is 17.4 Å². The molecule has 0 fully saturated rings.